The van der Waals surface area contributed by atoms with Crippen LogP contribution < -0.4 is 5.73 Å². The van der Waals surface area contributed by atoms with E-state index < -0.39 is 13.3 Å². The molecule has 1 aromatic carbocycles. The molecule has 68 valence electrons. The van der Waals surface area contributed by atoms with Crippen LogP contribution in [0.25, 0.3) is 0 Å². The number of rotatable bonds is 1. The number of hydrogen-bond donors (Lipinski definition) is 2. The molecule has 1 aliphatic carbocycles. The predicted molar refractivity (Wildman–Crippen MR) is 50.6 cm³/mol. The minimum Gasteiger partial charge on any atom is -0.282 e. The van der Waals surface area contributed by atoms with Crippen LogP contribution in [-0.2, 0) is 17.4 Å². The first kappa shape index (κ1) is 8.82. The van der Waals surface area contributed by atoms with E-state index in [2.05, 4.69) is 0 Å². The Hall–Kier alpha value is -0.760. The first-order chi connectivity index (χ1) is 6.12. The van der Waals surface area contributed by atoms with Crippen molar-refractivity contribution < 1.29 is 9.46 Å². The summed E-state index contributed by atoms with van der Waals surface area (Å²) in [6.07, 6.45) is 1.02. The SMILES string of the molecule is NC1([P+](=O)O)Cc2ccccc2C1. The second-order valence-corrected chi connectivity index (χ2v) is 4.94. The fourth-order valence-electron chi connectivity index (χ4n) is 1.76. The third-order valence-corrected chi connectivity index (χ3v) is 3.57. The Balaban J connectivity index is 2.37. The fraction of sp³-hybridized carbons (Fsp3) is 0.333. The zero-order chi connectivity index (χ0) is 9.47. The number of nitrogens with two attached hydrogens (primary N) is 1. The fourth-order valence-corrected chi connectivity index (χ4v) is 2.37. The van der Waals surface area contributed by atoms with Gasteiger partial charge in [0, 0.05) is 12.8 Å². The molecule has 0 saturated heterocycles. The van der Waals surface area contributed by atoms with Gasteiger partial charge in [0.1, 0.15) is 0 Å². The molecule has 13 heavy (non-hydrogen) atoms. The zero-order valence-electron chi connectivity index (χ0n) is 7.10. The van der Waals surface area contributed by atoms with Gasteiger partial charge in [-0.1, -0.05) is 24.3 Å². The van der Waals surface area contributed by atoms with Crippen molar-refractivity contribution >= 4 is 8.03 Å². The molecular weight excluding hydrogens is 185 g/mol. The Bertz CT molecular complexity index is 339. The molecule has 0 spiro atoms. The largest absolute Gasteiger partial charge is 0.528 e. The van der Waals surface area contributed by atoms with Gasteiger partial charge in [0.25, 0.3) is 5.28 Å². The van der Waals surface area contributed by atoms with E-state index in [0.717, 1.165) is 11.1 Å². The normalized spacial score (nSPS) is 19.7. The standard InChI is InChI=1S/C9H10NO2P/c10-9(13(11)12)5-7-3-1-2-4-8(7)6-9/h1-4H,5-6,10H2/p+1. The topological polar surface area (TPSA) is 63.3 Å². The third-order valence-electron chi connectivity index (χ3n) is 2.49. The average Bonchev–Trinajstić information content (AvgIpc) is 2.42. The molecule has 1 unspecified atom stereocenters. The van der Waals surface area contributed by atoms with Gasteiger partial charge in [-0.3, -0.25) is 5.73 Å². The van der Waals surface area contributed by atoms with Crippen molar-refractivity contribution in [3.8, 4) is 0 Å². The first-order valence-corrected chi connectivity index (χ1v) is 5.35. The molecule has 0 radical (unpaired) electrons. The van der Waals surface area contributed by atoms with E-state index in [4.69, 9.17) is 10.6 Å². The molecular formula is C9H11NO2P+. The summed E-state index contributed by atoms with van der Waals surface area (Å²) in [6, 6.07) is 7.77. The lowest BCUT2D eigenvalue weighted by atomic mass is 10.1. The maximum atomic E-state index is 11.0. The second kappa shape index (κ2) is 2.88. The minimum atomic E-state index is -2.30. The monoisotopic (exact) mass is 196 g/mol. The third kappa shape index (κ3) is 1.39. The summed E-state index contributed by atoms with van der Waals surface area (Å²) >= 11 is 0. The van der Waals surface area contributed by atoms with Crippen LogP contribution in [0.5, 0.6) is 0 Å². The molecule has 0 amide bonds. The van der Waals surface area contributed by atoms with Gasteiger partial charge in [-0.25, -0.2) is 0 Å². The molecule has 2 rings (SSSR count). The molecule has 0 aromatic heterocycles. The van der Waals surface area contributed by atoms with Gasteiger partial charge in [-0.15, -0.1) is 0 Å². The van der Waals surface area contributed by atoms with Crippen molar-refractivity contribution in [2.45, 2.75) is 18.1 Å². The Morgan fingerprint density at radius 2 is 1.77 bits per heavy atom. The van der Waals surface area contributed by atoms with Crippen molar-refractivity contribution in [1.82, 2.24) is 0 Å². The summed E-state index contributed by atoms with van der Waals surface area (Å²) < 4.78 is 11.0. The van der Waals surface area contributed by atoms with Crippen LogP contribution in [0.4, 0.5) is 0 Å². The maximum absolute atomic E-state index is 11.0. The summed E-state index contributed by atoms with van der Waals surface area (Å²) in [5.74, 6) is 0. The van der Waals surface area contributed by atoms with E-state index in [0.29, 0.717) is 12.8 Å². The lowest BCUT2D eigenvalue weighted by Crippen LogP contribution is -2.36. The Kier molecular flexibility index (Phi) is 1.95. The van der Waals surface area contributed by atoms with Crippen molar-refractivity contribution in [3.63, 3.8) is 0 Å². The van der Waals surface area contributed by atoms with E-state index in [-0.39, 0.29) is 0 Å². The molecule has 4 heteroatoms. The maximum Gasteiger partial charge on any atom is 0.528 e. The molecule has 0 heterocycles. The van der Waals surface area contributed by atoms with Crippen LogP contribution in [-0.4, -0.2) is 10.2 Å². The summed E-state index contributed by atoms with van der Waals surface area (Å²) in [6.45, 7) is 0. The van der Waals surface area contributed by atoms with Crippen molar-refractivity contribution in [2.75, 3.05) is 0 Å². The van der Waals surface area contributed by atoms with Gasteiger partial charge in [-0.05, 0) is 15.7 Å². The first-order valence-electron chi connectivity index (χ1n) is 4.14. The smallest absolute Gasteiger partial charge is 0.282 e. The quantitative estimate of drug-likeness (QED) is 0.663. The van der Waals surface area contributed by atoms with Gasteiger partial charge in [0.15, 0.2) is 0 Å². The highest BCUT2D eigenvalue weighted by Gasteiger charge is 2.49. The second-order valence-electron chi connectivity index (χ2n) is 3.50. The van der Waals surface area contributed by atoms with Crippen molar-refractivity contribution in [3.05, 3.63) is 35.4 Å². The molecule has 1 aliphatic rings. The van der Waals surface area contributed by atoms with Crippen LogP contribution >= 0.6 is 8.03 Å². The average molecular weight is 196 g/mol. The number of benzene rings is 1. The molecule has 0 bridgehead atoms. The van der Waals surface area contributed by atoms with Crippen LogP contribution in [0.3, 0.4) is 0 Å². The van der Waals surface area contributed by atoms with Gasteiger partial charge in [-0.2, -0.15) is 4.89 Å². The molecule has 3 nitrogen and oxygen atoms in total. The van der Waals surface area contributed by atoms with Crippen molar-refractivity contribution in [1.29, 1.82) is 0 Å². The lowest BCUT2D eigenvalue weighted by Gasteiger charge is -2.05. The molecule has 1 aromatic rings. The van der Waals surface area contributed by atoms with E-state index in [9.17, 15) is 4.57 Å². The van der Waals surface area contributed by atoms with E-state index in [1.165, 1.54) is 0 Å². The summed E-state index contributed by atoms with van der Waals surface area (Å²) in [7, 11) is -2.30. The van der Waals surface area contributed by atoms with E-state index >= 15 is 0 Å². The zero-order valence-corrected chi connectivity index (χ0v) is 8.00. The van der Waals surface area contributed by atoms with Crippen LogP contribution in [0.15, 0.2) is 24.3 Å². The highest BCUT2D eigenvalue weighted by atomic mass is 31.1. The minimum absolute atomic E-state index is 0.509. The summed E-state index contributed by atoms with van der Waals surface area (Å²) in [5, 5.41) is -0.932. The Morgan fingerprint density at radius 3 is 2.15 bits per heavy atom. The highest BCUT2D eigenvalue weighted by molar-refractivity contribution is 7.40. The number of hydrogen-bond acceptors (Lipinski definition) is 2. The molecule has 1 atom stereocenters. The Morgan fingerprint density at radius 1 is 1.31 bits per heavy atom. The van der Waals surface area contributed by atoms with Gasteiger partial charge in [0.2, 0.25) is 0 Å². The van der Waals surface area contributed by atoms with Crippen LogP contribution in [0, 0.1) is 0 Å². The van der Waals surface area contributed by atoms with Gasteiger partial charge >= 0.3 is 8.03 Å². The van der Waals surface area contributed by atoms with Gasteiger partial charge < -0.3 is 0 Å². The van der Waals surface area contributed by atoms with Crippen LogP contribution in [0.1, 0.15) is 11.1 Å². The summed E-state index contributed by atoms with van der Waals surface area (Å²) in [5.41, 5.74) is 8.02. The molecule has 3 N–H and O–H groups in total. The molecule has 0 fully saturated rings. The lowest BCUT2D eigenvalue weighted by molar-refractivity contribution is 0.451. The molecule has 0 aliphatic heterocycles. The van der Waals surface area contributed by atoms with E-state index in [1.54, 1.807) is 0 Å². The summed E-state index contributed by atoms with van der Waals surface area (Å²) in [4.78, 5) is 9.07. The number of fused-ring (bicyclic) bond motifs is 1. The highest BCUT2D eigenvalue weighted by Crippen LogP contribution is 2.42. The van der Waals surface area contributed by atoms with Crippen molar-refractivity contribution in [2.24, 2.45) is 5.73 Å². The predicted octanol–water partition coefficient (Wildman–Crippen LogP) is 1.17. The Labute approximate surface area is 77.4 Å². The van der Waals surface area contributed by atoms with E-state index in [1.807, 2.05) is 24.3 Å². The van der Waals surface area contributed by atoms with Gasteiger partial charge in [0.05, 0.1) is 0 Å². The van der Waals surface area contributed by atoms with Crippen LogP contribution in [0.2, 0.25) is 0 Å². The molecule has 0 saturated carbocycles.